The SMILES string of the molecule is CN=C(NCc1ccon1)NC1CCN(Cc2ccc(OC)c(F)c2)CC1.I. The van der Waals surface area contributed by atoms with Gasteiger partial charge < -0.3 is 19.9 Å². The maximum absolute atomic E-state index is 13.8. The van der Waals surface area contributed by atoms with Gasteiger partial charge in [0, 0.05) is 38.8 Å². The molecule has 0 unspecified atom stereocenters. The van der Waals surface area contributed by atoms with E-state index in [-0.39, 0.29) is 35.5 Å². The van der Waals surface area contributed by atoms with Crippen molar-refractivity contribution < 1.29 is 13.7 Å². The number of hydrogen-bond acceptors (Lipinski definition) is 5. The number of rotatable bonds is 6. The van der Waals surface area contributed by atoms with Crippen molar-refractivity contribution in [3.8, 4) is 5.75 Å². The molecule has 28 heavy (non-hydrogen) atoms. The molecule has 1 aromatic carbocycles. The smallest absolute Gasteiger partial charge is 0.191 e. The first kappa shape index (κ1) is 22.4. The Morgan fingerprint density at radius 3 is 2.75 bits per heavy atom. The molecule has 1 aromatic heterocycles. The lowest BCUT2D eigenvalue weighted by Gasteiger charge is -2.33. The minimum Gasteiger partial charge on any atom is -0.494 e. The number of likely N-dealkylation sites (tertiary alicyclic amines) is 1. The number of hydrogen-bond donors (Lipinski definition) is 2. The molecule has 1 saturated heterocycles. The second kappa shape index (κ2) is 11.2. The van der Waals surface area contributed by atoms with Crippen molar-refractivity contribution in [3.63, 3.8) is 0 Å². The average molecular weight is 503 g/mol. The summed E-state index contributed by atoms with van der Waals surface area (Å²) in [4.78, 5) is 6.60. The quantitative estimate of drug-likeness (QED) is 0.359. The number of nitrogens with one attached hydrogen (secondary N) is 2. The van der Waals surface area contributed by atoms with Gasteiger partial charge in [-0.1, -0.05) is 11.2 Å². The van der Waals surface area contributed by atoms with Gasteiger partial charge >= 0.3 is 0 Å². The van der Waals surface area contributed by atoms with Gasteiger partial charge in [-0.3, -0.25) is 9.89 Å². The van der Waals surface area contributed by atoms with Crippen LogP contribution < -0.4 is 15.4 Å². The van der Waals surface area contributed by atoms with E-state index in [0.717, 1.165) is 49.7 Å². The number of ether oxygens (including phenoxy) is 1. The van der Waals surface area contributed by atoms with Crippen LogP contribution in [0.4, 0.5) is 4.39 Å². The number of piperidine rings is 1. The molecule has 2 N–H and O–H groups in total. The van der Waals surface area contributed by atoms with Crippen LogP contribution in [0.1, 0.15) is 24.1 Å². The van der Waals surface area contributed by atoms with E-state index in [0.29, 0.717) is 12.6 Å². The van der Waals surface area contributed by atoms with Gasteiger partial charge in [-0.25, -0.2) is 4.39 Å². The molecule has 9 heteroatoms. The van der Waals surface area contributed by atoms with E-state index in [9.17, 15) is 4.39 Å². The van der Waals surface area contributed by atoms with E-state index in [2.05, 4.69) is 25.7 Å². The highest BCUT2D eigenvalue weighted by molar-refractivity contribution is 14.0. The maximum Gasteiger partial charge on any atom is 0.191 e. The average Bonchev–Trinajstić information content (AvgIpc) is 3.20. The number of nitrogens with zero attached hydrogens (tertiary/aromatic N) is 3. The molecular weight excluding hydrogens is 476 g/mol. The Balaban J connectivity index is 0.00000280. The minimum atomic E-state index is -0.312. The molecule has 0 saturated carbocycles. The minimum absolute atomic E-state index is 0. The first-order chi connectivity index (χ1) is 13.2. The Morgan fingerprint density at radius 1 is 1.36 bits per heavy atom. The van der Waals surface area contributed by atoms with Crippen molar-refractivity contribution in [1.82, 2.24) is 20.7 Å². The molecule has 2 heterocycles. The van der Waals surface area contributed by atoms with Gasteiger partial charge in [0.2, 0.25) is 0 Å². The van der Waals surface area contributed by atoms with Gasteiger partial charge in [0.25, 0.3) is 0 Å². The third-order valence-corrected chi connectivity index (χ3v) is 4.70. The largest absolute Gasteiger partial charge is 0.494 e. The van der Waals surface area contributed by atoms with Crippen LogP contribution in [-0.2, 0) is 13.1 Å². The van der Waals surface area contributed by atoms with Crippen molar-refractivity contribution in [2.75, 3.05) is 27.2 Å². The first-order valence-electron chi connectivity index (χ1n) is 9.09. The van der Waals surface area contributed by atoms with Gasteiger partial charge in [0.1, 0.15) is 12.0 Å². The van der Waals surface area contributed by atoms with E-state index in [1.54, 1.807) is 25.4 Å². The summed E-state index contributed by atoms with van der Waals surface area (Å²) in [6.07, 6.45) is 3.56. The highest BCUT2D eigenvalue weighted by Crippen LogP contribution is 2.20. The van der Waals surface area contributed by atoms with E-state index in [1.807, 2.05) is 12.1 Å². The number of methoxy groups -OCH3 is 1. The van der Waals surface area contributed by atoms with Gasteiger partial charge in [-0.05, 0) is 30.5 Å². The zero-order chi connectivity index (χ0) is 19.1. The molecule has 0 bridgehead atoms. The zero-order valence-electron chi connectivity index (χ0n) is 16.2. The number of aliphatic imine (C=N–C) groups is 1. The fourth-order valence-electron chi connectivity index (χ4n) is 3.19. The van der Waals surface area contributed by atoms with Crippen LogP contribution in [0.25, 0.3) is 0 Å². The Bertz CT molecular complexity index is 749. The van der Waals surface area contributed by atoms with Crippen molar-refractivity contribution in [2.24, 2.45) is 4.99 Å². The molecule has 0 aliphatic carbocycles. The molecule has 1 aliphatic rings. The molecule has 0 amide bonds. The van der Waals surface area contributed by atoms with Crippen molar-refractivity contribution in [3.05, 3.63) is 47.6 Å². The van der Waals surface area contributed by atoms with Gasteiger partial charge in [-0.15, -0.1) is 24.0 Å². The molecule has 1 fully saturated rings. The summed E-state index contributed by atoms with van der Waals surface area (Å²) < 4.78 is 23.6. The molecule has 0 atom stereocenters. The highest BCUT2D eigenvalue weighted by Gasteiger charge is 2.20. The van der Waals surface area contributed by atoms with Crippen LogP contribution in [0.3, 0.4) is 0 Å². The molecule has 3 rings (SSSR count). The topological polar surface area (TPSA) is 74.9 Å². The standard InChI is InChI=1S/C19H26FN5O2.HI/c1-21-19(22-12-16-7-10-27-24-16)23-15-5-8-25(9-6-15)13-14-3-4-18(26-2)17(20)11-14;/h3-4,7,10-11,15H,5-6,8-9,12-13H2,1-2H3,(H2,21,22,23);1H. The molecule has 2 aromatic rings. The van der Waals surface area contributed by atoms with Crippen LogP contribution in [0.15, 0.2) is 40.0 Å². The van der Waals surface area contributed by atoms with Gasteiger partial charge in [-0.2, -0.15) is 0 Å². The molecule has 0 radical (unpaired) electrons. The fraction of sp³-hybridized carbons (Fsp3) is 0.474. The van der Waals surface area contributed by atoms with E-state index in [4.69, 9.17) is 9.26 Å². The third-order valence-electron chi connectivity index (χ3n) is 4.70. The summed E-state index contributed by atoms with van der Waals surface area (Å²) in [5.41, 5.74) is 1.80. The highest BCUT2D eigenvalue weighted by atomic mass is 127. The summed E-state index contributed by atoms with van der Waals surface area (Å²) in [5.74, 6) is 0.730. The van der Waals surface area contributed by atoms with Crippen LogP contribution in [0.5, 0.6) is 5.75 Å². The van der Waals surface area contributed by atoms with E-state index >= 15 is 0 Å². The predicted molar refractivity (Wildman–Crippen MR) is 117 cm³/mol. The normalized spacial score (nSPS) is 15.8. The van der Waals surface area contributed by atoms with E-state index in [1.165, 1.54) is 7.11 Å². The molecule has 0 spiro atoms. The van der Waals surface area contributed by atoms with Crippen LogP contribution in [-0.4, -0.2) is 49.3 Å². The van der Waals surface area contributed by atoms with Crippen molar-refractivity contribution in [1.29, 1.82) is 0 Å². The maximum atomic E-state index is 13.8. The first-order valence-corrected chi connectivity index (χ1v) is 9.09. The van der Waals surface area contributed by atoms with Gasteiger partial charge in [0.15, 0.2) is 17.5 Å². The molecule has 154 valence electrons. The molecule has 7 nitrogen and oxygen atoms in total. The predicted octanol–water partition coefficient (Wildman–Crippen LogP) is 2.77. The third kappa shape index (κ3) is 6.33. The monoisotopic (exact) mass is 503 g/mol. The van der Waals surface area contributed by atoms with Gasteiger partial charge in [0.05, 0.1) is 13.7 Å². The lowest BCUT2D eigenvalue weighted by molar-refractivity contribution is 0.198. The second-order valence-electron chi connectivity index (χ2n) is 6.58. The molecular formula is C19H27FIN5O2. The van der Waals surface area contributed by atoms with Crippen molar-refractivity contribution >= 4 is 29.9 Å². The Morgan fingerprint density at radius 2 is 2.14 bits per heavy atom. The Kier molecular flexibility index (Phi) is 8.97. The number of guanidine groups is 1. The lowest BCUT2D eigenvalue weighted by Crippen LogP contribution is -2.48. The van der Waals surface area contributed by atoms with Crippen molar-refractivity contribution in [2.45, 2.75) is 32.0 Å². The van der Waals surface area contributed by atoms with E-state index < -0.39 is 0 Å². The van der Waals surface area contributed by atoms with Crippen LogP contribution >= 0.6 is 24.0 Å². The fourth-order valence-corrected chi connectivity index (χ4v) is 3.19. The summed E-state index contributed by atoms with van der Waals surface area (Å²) in [5, 5.41) is 10.6. The Labute approximate surface area is 181 Å². The summed E-state index contributed by atoms with van der Waals surface area (Å²) >= 11 is 0. The molecule has 1 aliphatic heterocycles. The van der Waals surface area contributed by atoms with Crippen LogP contribution in [0.2, 0.25) is 0 Å². The number of benzene rings is 1. The summed E-state index contributed by atoms with van der Waals surface area (Å²) in [6, 6.07) is 7.34. The second-order valence-corrected chi connectivity index (χ2v) is 6.58. The zero-order valence-corrected chi connectivity index (χ0v) is 18.5. The Hall–Kier alpha value is -1.88. The summed E-state index contributed by atoms with van der Waals surface area (Å²) in [7, 11) is 3.23. The number of aromatic nitrogens is 1. The lowest BCUT2D eigenvalue weighted by atomic mass is 10.0. The summed E-state index contributed by atoms with van der Waals surface area (Å²) in [6.45, 7) is 3.21. The van der Waals surface area contributed by atoms with Crippen LogP contribution in [0, 0.1) is 5.82 Å². The number of halogens is 2.